The minimum atomic E-state index is 0.0941. The van der Waals surface area contributed by atoms with Gasteiger partial charge in [-0.3, -0.25) is 9.69 Å². The van der Waals surface area contributed by atoms with Crippen LogP contribution in [-0.4, -0.2) is 35.4 Å². The van der Waals surface area contributed by atoms with E-state index in [1.54, 1.807) is 22.7 Å². The van der Waals surface area contributed by atoms with E-state index >= 15 is 0 Å². The summed E-state index contributed by atoms with van der Waals surface area (Å²) in [4.78, 5) is 19.3. The summed E-state index contributed by atoms with van der Waals surface area (Å²) in [6.07, 6.45) is 1.17. The molecule has 3 aromatic rings. The summed E-state index contributed by atoms with van der Waals surface area (Å²) in [5.74, 6) is 0.0941. The average molecular weight is 388 g/mol. The third-order valence-electron chi connectivity index (χ3n) is 4.58. The first-order chi connectivity index (χ1) is 12.7. The van der Waals surface area contributed by atoms with Crippen LogP contribution in [0.5, 0.6) is 0 Å². The Morgan fingerprint density at radius 3 is 2.73 bits per heavy atom. The van der Waals surface area contributed by atoms with Gasteiger partial charge in [0.15, 0.2) is 0 Å². The molecule has 0 aliphatic carbocycles. The zero-order valence-electron chi connectivity index (χ0n) is 15.3. The first kappa shape index (κ1) is 19.0. The molecule has 0 radical (unpaired) electrons. The lowest BCUT2D eigenvalue weighted by atomic mass is 10.1. The van der Waals surface area contributed by atoms with Gasteiger partial charge in [0.1, 0.15) is 0 Å². The molecule has 0 aliphatic rings. The summed E-state index contributed by atoms with van der Waals surface area (Å²) in [5.41, 5.74) is 2.30. The molecule has 1 N–H and O–H groups in total. The predicted molar refractivity (Wildman–Crippen MR) is 111 cm³/mol. The molecular formula is C20H25N3OS2. The quantitative estimate of drug-likeness (QED) is 0.588. The first-order valence-corrected chi connectivity index (χ1v) is 10.8. The lowest BCUT2D eigenvalue weighted by molar-refractivity contribution is -0.121. The fraction of sp³-hybridized carbons (Fsp3) is 0.400. The number of carbonyl (C=O) groups excluding carboxylic acids is 1. The Morgan fingerprint density at radius 2 is 2.04 bits per heavy atom. The van der Waals surface area contributed by atoms with Gasteiger partial charge in [-0.2, -0.15) is 11.3 Å². The average Bonchev–Trinajstić information content (AvgIpc) is 3.32. The SMILES string of the molecule is CCN(CC)C(CNC(=O)CCc1nc2ccccc2s1)c1ccsc1. The second-order valence-electron chi connectivity index (χ2n) is 6.17. The standard InChI is InChI=1S/C20H25N3OS2/c1-3-23(4-2)17(15-11-12-25-14-15)13-21-19(24)9-10-20-22-16-7-5-6-8-18(16)26-20/h5-8,11-12,14,17H,3-4,9-10,13H2,1-2H3,(H,21,24). The predicted octanol–water partition coefficient (Wildman–Crippen LogP) is 4.49. The van der Waals surface area contributed by atoms with Crippen molar-refractivity contribution in [1.82, 2.24) is 15.2 Å². The molecule has 1 unspecified atom stereocenters. The molecule has 26 heavy (non-hydrogen) atoms. The number of thiazole rings is 1. The molecule has 138 valence electrons. The number of thiophene rings is 1. The zero-order chi connectivity index (χ0) is 18.4. The Morgan fingerprint density at radius 1 is 1.23 bits per heavy atom. The van der Waals surface area contributed by atoms with E-state index in [2.05, 4.69) is 51.9 Å². The van der Waals surface area contributed by atoms with Crippen LogP contribution in [0.4, 0.5) is 0 Å². The number of nitrogens with one attached hydrogen (secondary N) is 1. The van der Waals surface area contributed by atoms with Crippen molar-refractivity contribution in [3.05, 3.63) is 51.7 Å². The number of fused-ring (bicyclic) bond motifs is 1. The van der Waals surface area contributed by atoms with Crippen molar-refractivity contribution in [2.75, 3.05) is 19.6 Å². The number of para-hydroxylation sites is 1. The summed E-state index contributed by atoms with van der Waals surface area (Å²) in [6.45, 7) is 6.92. The maximum Gasteiger partial charge on any atom is 0.220 e. The van der Waals surface area contributed by atoms with Crippen LogP contribution < -0.4 is 5.32 Å². The van der Waals surface area contributed by atoms with Crippen molar-refractivity contribution in [1.29, 1.82) is 0 Å². The van der Waals surface area contributed by atoms with Crippen molar-refractivity contribution in [2.45, 2.75) is 32.7 Å². The van der Waals surface area contributed by atoms with Crippen LogP contribution in [0.15, 0.2) is 41.1 Å². The molecule has 2 heterocycles. The highest BCUT2D eigenvalue weighted by Gasteiger charge is 2.19. The lowest BCUT2D eigenvalue weighted by Crippen LogP contribution is -2.38. The van der Waals surface area contributed by atoms with E-state index in [1.165, 1.54) is 10.3 Å². The molecule has 0 fully saturated rings. The number of amides is 1. The summed E-state index contributed by atoms with van der Waals surface area (Å²) >= 11 is 3.38. The smallest absolute Gasteiger partial charge is 0.220 e. The third-order valence-corrected chi connectivity index (χ3v) is 6.38. The first-order valence-electron chi connectivity index (χ1n) is 9.08. The van der Waals surface area contributed by atoms with Crippen molar-refractivity contribution < 1.29 is 4.79 Å². The van der Waals surface area contributed by atoms with E-state index in [4.69, 9.17) is 0 Å². The number of benzene rings is 1. The molecular weight excluding hydrogens is 362 g/mol. The van der Waals surface area contributed by atoms with Crippen LogP contribution in [0.25, 0.3) is 10.2 Å². The minimum Gasteiger partial charge on any atom is -0.354 e. The van der Waals surface area contributed by atoms with Crippen molar-refractivity contribution in [2.24, 2.45) is 0 Å². The maximum atomic E-state index is 12.4. The molecule has 2 aromatic heterocycles. The lowest BCUT2D eigenvalue weighted by Gasteiger charge is -2.29. The number of likely N-dealkylation sites (N-methyl/N-ethyl adjacent to an activating group) is 1. The Hall–Kier alpha value is -1.76. The summed E-state index contributed by atoms with van der Waals surface area (Å²) < 4.78 is 1.18. The molecule has 0 saturated heterocycles. The zero-order valence-corrected chi connectivity index (χ0v) is 16.9. The van der Waals surface area contributed by atoms with Crippen LogP contribution in [0.1, 0.15) is 36.9 Å². The number of aryl methyl sites for hydroxylation is 1. The molecule has 3 rings (SSSR count). The maximum absolute atomic E-state index is 12.4. The van der Waals surface area contributed by atoms with E-state index < -0.39 is 0 Å². The van der Waals surface area contributed by atoms with Gasteiger partial charge in [0.2, 0.25) is 5.91 Å². The summed E-state index contributed by atoms with van der Waals surface area (Å²) in [5, 5.41) is 8.43. The summed E-state index contributed by atoms with van der Waals surface area (Å²) in [6, 6.07) is 10.5. The molecule has 0 bridgehead atoms. The second kappa shape index (κ2) is 9.26. The van der Waals surface area contributed by atoms with Gasteiger partial charge in [-0.15, -0.1) is 11.3 Å². The van der Waals surface area contributed by atoms with E-state index in [0.717, 1.165) is 23.6 Å². The Kier molecular flexibility index (Phi) is 6.77. The number of rotatable bonds is 9. The molecule has 0 spiro atoms. The van der Waals surface area contributed by atoms with Gasteiger partial charge >= 0.3 is 0 Å². The van der Waals surface area contributed by atoms with Crippen LogP contribution in [-0.2, 0) is 11.2 Å². The largest absolute Gasteiger partial charge is 0.354 e. The number of hydrogen-bond acceptors (Lipinski definition) is 5. The molecule has 1 amide bonds. The Balaban J connectivity index is 1.54. The molecule has 0 aliphatic heterocycles. The Bertz CT molecular complexity index is 792. The van der Waals surface area contributed by atoms with Gasteiger partial charge in [0.25, 0.3) is 0 Å². The van der Waals surface area contributed by atoms with E-state index in [0.29, 0.717) is 19.4 Å². The Labute approximate surface area is 162 Å². The topological polar surface area (TPSA) is 45.2 Å². The van der Waals surface area contributed by atoms with E-state index in [-0.39, 0.29) is 11.9 Å². The molecule has 1 aromatic carbocycles. The number of carbonyl (C=O) groups is 1. The fourth-order valence-electron chi connectivity index (χ4n) is 3.13. The monoisotopic (exact) mass is 387 g/mol. The highest BCUT2D eigenvalue weighted by molar-refractivity contribution is 7.18. The molecule has 6 heteroatoms. The third kappa shape index (κ3) is 4.69. The molecule has 1 atom stereocenters. The van der Waals surface area contributed by atoms with Crippen LogP contribution in [0, 0.1) is 0 Å². The highest BCUT2D eigenvalue weighted by atomic mass is 32.1. The van der Waals surface area contributed by atoms with Crippen molar-refractivity contribution >= 4 is 38.8 Å². The number of aromatic nitrogens is 1. The van der Waals surface area contributed by atoms with Crippen LogP contribution in [0.2, 0.25) is 0 Å². The van der Waals surface area contributed by atoms with Crippen LogP contribution >= 0.6 is 22.7 Å². The van der Waals surface area contributed by atoms with E-state index in [9.17, 15) is 4.79 Å². The fourth-order valence-corrected chi connectivity index (χ4v) is 4.81. The van der Waals surface area contributed by atoms with Gasteiger partial charge < -0.3 is 5.32 Å². The molecule has 0 saturated carbocycles. The van der Waals surface area contributed by atoms with Crippen molar-refractivity contribution in [3.8, 4) is 0 Å². The van der Waals surface area contributed by atoms with Crippen molar-refractivity contribution in [3.63, 3.8) is 0 Å². The van der Waals surface area contributed by atoms with Gasteiger partial charge in [-0.25, -0.2) is 4.98 Å². The minimum absolute atomic E-state index is 0.0941. The highest BCUT2D eigenvalue weighted by Crippen LogP contribution is 2.23. The number of nitrogens with zero attached hydrogens (tertiary/aromatic N) is 2. The van der Waals surface area contributed by atoms with Gasteiger partial charge in [0, 0.05) is 19.4 Å². The van der Waals surface area contributed by atoms with Crippen LogP contribution in [0.3, 0.4) is 0 Å². The van der Waals surface area contributed by atoms with Gasteiger partial charge in [-0.1, -0.05) is 26.0 Å². The second-order valence-corrected chi connectivity index (χ2v) is 8.07. The normalized spacial score (nSPS) is 12.6. The summed E-state index contributed by atoms with van der Waals surface area (Å²) in [7, 11) is 0. The number of hydrogen-bond donors (Lipinski definition) is 1. The van der Waals surface area contributed by atoms with E-state index in [1.807, 2.05) is 18.2 Å². The molecule has 4 nitrogen and oxygen atoms in total. The van der Waals surface area contributed by atoms with Gasteiger partial charge in [-0.05, 0) is 47.6 Å². The van der Waals surface area contributed by atoms with Gasteiger partial charge in [0.05, 0.1) is 21.3 Å².